The van der Waals surface area contributed by atoms with Crippen molar-refractivity contribution in [2.45, 2.75) is 25.6 Å². The van der Waals surface area contributed by atoms with E-state index in [2.05, 4.69) is 4.98 Å². The number of hydrogen-bond acceptors (Lipinski definition) is 7. The van der Waals surface area contributed by atoms with Gasteiger partial charge in [-0.25, -0.2) is 9.59 Å². The van der Waals surface area contributed by atoms with Crippen molar-refractivity contribution in [1.82, 2.24) is 9.55 Å². The fourth-order valence-corrected chi connectivity index (χ4v) is 4.25. The van der Waals surface area contributed by atoms with Gasteiger partial charge in [-0.2, -0.15) is 0 Å². The largest absolute Gasteiger partial charge is 0.467 e. The molecule has 0 saturated heterocycles. The lowest BCUT2D eigenvalue weighted by molar-refractivity contribution is -0.120. The number of aromatic nitrogens is 2. The Hall–Kier alpha value is -4.86. The van der Waals surface area contributed by atoms with Crippen LogP contribution < -0.4 is 21.9 Å². The van der Waals surface area contributed by atoms with Gasteiger partial charge in [0.05, 0.1) is 31.3 Å². The van der Waals surface area contributed by atoms with E-state index in [4.69, 9.17) is 14.9 Å². The van der Waals surface area contributed by atoms with E-state index in [0.29, 0.717) is 16.9 Å². The van der Waals surface area contributed by atoms with Gasteiger partial charge in [0.15, 0.2) is 5.69 Å². The topological polar surface area (TPSA) is 141 Å². The summed E-state index contributed by atoms with van der Waals surface area (Å²) >= 11 is 0. The van der Waals surface area contributed by atoms with Crippen LogP contribution in [0.4, 0.5) is 11.5 Å². The quantitative estimate of drug-likeness (QED) is 0.383. The summed E-state index contributed by atoms with van der Waals surface area (Å²) in [7, 11) is 0. The molecule has 2 aromatic carbocycles. The summed E-state index contributed by atoms with van der Waals surface area (Å²) in [6.07, 6.45) is 0.382. The maximum Gasteiger partial charge on any atom is 0.339 e. The third kappa shape index (κ3) is 4.31. The van der Waals surface area contributed by atoms with Crippen LogP contribution in [0.15, 0.2) is 87.0 Å². The molecule has 1 atom stereocenters. The molecule has 10 nitrogen and oxygen atoms in total. The summed E-state index contributed by atoms with van der Waals surface area (Å²) in [5.74, 6) is -0.833. The number of cyclic esters (lactones) is 1. The average Bonchev–Trinajstić information content (AvgIpc) is 3.50. The number of benzene rings is 2. The second-order valence-electron chi connectivity index (χ2n) is 8.31. The molecule has 3 N–H and O–H groups in total. The van der Waals surface area contributed by atoms with Gasteiger partial charge in [0.2, 0.25) is 5.91 Å². The van der Waals surface area contributed by atoms with Crippen LogP contribution in [-0.2, 0) is 22.6 Å². The summed E-state index contributed by atoms with van der Waals surface area (Å²) in [6, 6.07) is 19.2. The highest BCUT2D eigenvalue weighted by Gasteiger charge is 2.35. The van der Waals surface area contributed by atoms with Gasteiger partial charge in [0, 0.05) is 5.56 Å². The highest BCUT2D eigenvalue weighted by molar-refractivity contribution is 5.98. The number of furan rings is 1. The summed E-state index contributed by atoms with van der Waals surface area (Å²) in [6.45, 7) is -0.0311. The molecule has 10 heteroatoms. The average molecular weight is 486 g/mol. The molecule has 0 bridgehead atoms. The van der Waals surface area contributed by atoms with Crippen molar-refractivity contribution >= 4 is 23.4 Å². The Balaban J connectivity index is 1.54. The number of amides is 1. The van der Waals surface area contributed by atoms with Crippen molar-refractivity contribution in [1.29, 1.82) is 0 Å². The molecule has 36 heavy (non-hydrogen) atoms. The molecule has 0 unspecified atom stereocenters. The third-order valence-corrected chi connectivity index (χ3v) is 6.00. The third-order valence-electron chi connectivity index (χ3n) is 6.00. The number of nitrogens with two attached hydrogens (primary N) is 1. The van der Waals surface area contributed by atoms with Gasteiger partial charge < -0.3 is 14.9 Å². The molecular weight excluding hydrogens is 464 g/mol. The molecule has 0 fully saturated rings. The van der Waals surface area contributed by atoms with Gasteiger partial charge in [0.1, 0.15) is 17.7 Å². The number of esters is 1. The minimum Gasteiger partial charge on any atom is -0.467 e. The number of nitrogen functional groups attached to an aromatic ring is 1. The highest BCUT2D eigenvalue weighted by atomic mass is 16.5. The van der Waals surface area contributed by atoms with E-state index in [-0.39, 0.29) is 31.0 Å². The van der Waals surface area contributed by atoms with Crippen LogP contribution in [-0.4, -0.2) is 21.4 Å². The van der Waals surface area contributed by atoms with Gasteiger partial charge in [0.25, 0.3) is 5.56 Å². The SMILES string of the molecule is Nc1c(N(Cc2ccco2)C(=O)C[C@@H]2OC(=O)c3ccccc32)c(=O)[nH]c(=O)n1Cc1ccccc1. The van der Waals surface area contributed by atoms with E-state index in [0.717, 1.165) is 10.5 Å². The van der Waals surface area contributed by atoms with Crippen LogP contribution in [0, 0.1) is 0 Å². The van der Waals surface area contributed by atoms with Gasteiger partial charge in [-0.05, 0) is 23.8 Å². The highest BCUT2D eigenvalue weighted by Crippen LogP contribution is 2.34. The van der Waals surface area contributed by atoms with Crippen LogP contribution in [0.3, 0.4) is 0 Å². The Labute approximate surface area is 204 Å². The van der Waals surface area contributed by atoms with Crippen molar-refractivity contribution in [3.8, 4) is 0 Å². The summed E-state index contributed by atoms with van der Waals surface area (Å²) in [5.41, 5.74) is 6.39. The Morgan fingerprint density at radius 1 is 1.00 bits per heavy atom. The van der Waals surface area contributed by atoms with Crippen molar-refractivity contribution in [2.75, 3.05) is 10.6 Å². The first-order valence-electron chi connectivity index (χ1n) is 11.2. The van der Waals surface area contributed by atoms with E-state index in [1.165, 1.54) is 10.8 Å². The van der Waals surface area contributed by atoms with Crippen molar-refractivity contribution in [2.24, 2.45) is 0 Å². The molecule has 0 spiro atoms. The number of ether oxygens (including phenoxy) is 1. The van der Waals surface area contributed by atoms with Gasteiger partial charge in [-0.1, -0.05) is 48.5 Å². The smallest absolute Gasteiger partial charge is 0.339 e. The second-order valence-corrected chi connectivity index (χ2v) is 8.31. The number of rotatable bonds is 7. The lowest BCUT2D eigenvalue weighted by Crippen LogP contribution is -2.41. The molecule has 0 saturated carbocycles. The normalized spacial score (nSPS) is 14.3. The second kappa shape index (κ2) is 9.41. The van der Waals surface area contributed by atoms with Crippen LogP contribution in [0.1, 0.15) is 39.8 Å². The van der Waals surface area contributed by atoms with Crippen LogP contribution in [0.5, 0.6) is 0 Å². The van der Waals surface area contributed by atoms with E-state index < -0.39 is 29.2 Å². The molecular formula is C26H22N4O6. The van der Waals surface area contributed by atoms with Gasteiger partial charge >= 0.3 is 11.7 Å². The van der Waals surface area contributed by atoms with Crippen molar-refractivity contribution < 1.29 is 18.7 Å². The van der Waals surface area contributed by atoms with E-state index >= 15 is 0 Å². The van der Waals surface area contributed by atoms with Crippen LogP contribution in [0.25, 0.3) is 0 Å². The fraction of sp³-hybridized carbons (Fsp3) is 0.154. The summed E-state index contributed by atoms with van der Waals surface area (Å²) in [4.78, 5) is 54.9. The van der Waals surface area contributed by atoms with Crippen LogP contribution >= 0.6 is 0 Å². The maximum atomic E-state index is 13.6. The number of fused-ring (bicyclic) bond motifs is 1. The molecule has 0 radical (unpaired) electrons. The molecule has 1 amide bonds. The summed E-state index contributed by atoms with van der Waals surface area (Å²) in [5, 5.41) is 0. The standard InChI is InChI=1S/C26H22N4O6/c27-23-22(24(32)28-26(34)30(23)14-16-7-2-1-3-8-16)29(15-17-9-6-12-35-17)21(31)13-20-18-10-4-5-11-19(18)25(33)36-20/h1-12,20H,13-15,27H2,(H,28,32,34)/t20-/m0/s1. The monoisotopic (exact) mass is 486 g/mol. The molecule has 5 rings (SSSR count). The molecule has 3 heterocycles. The van der Waals surface area contributed by atoms with Crippen molar-refractivity contribution in [3.05, 3.63) is 116 Å². The number of hydrogen-bond donors (Lipinski definition) is 2. The van der Waals surface area contributed by atoms with Crippen LogP contribution in [0.2, 0.25) is 0 Å². The minimum absolute atomic E-state index is 0.0890. The van der Waals surface area contributed by atoms with Gasteiger partial charge in [-0.15, -0.1) is 0 Å². The Morgan fingerprint density at radius 3 is 2.50 bits per heavy atom. The first-order chi connectivity index (χ1) is 17.4. The number of H-pyrrole nitrogens is 1. The molecule has 1 aliphatic rings. The number of aromatic amines is 1. The zero-order valence-corrected chi connectivity index (χ0v) is 19.0. The van der Waals surface area contributed by atoms with E-state index in [1.54, 1.807) is 36.4 Å². The maximum absolute atomic E-state index is 13.6. The molecule has 2 aromatic heterocycles. The zero-order chi connectivity index (χ0) is 25.2. The predicted molar refractivity (Wildman–Crippen MR) is 130 cm³/mol. The number of nitrogens with one attached hydrogen (secondary N) is 1. The summed E-state index contributed by atoms with van der Waals surface area (Å²) < 4.78 is 12.0. The molecule has 1 aliphatic heterocycles. The van der Waals surface area contributed by atoms with E-state index in [1.807, 2.05) is 30.3 Å². The van der Waals surface area contributed by atoms with Gasteiger partial charge in [-0.3, -0.25) is 24.0 Å². The first kappa shape index (κ1) is 22.9. The zero-order valence-electron chi connectivity index (χ0n) is 19.0. The minimum atomic E-state index is -0.823. The number of nitrogens with zero attached hydrogens (tertiary/aromatic N) is 2. The van der Waals surface area contributed by atoms with Crippen molar-refractivity contribution in [3.63, 3.8) is 0 Å². The lowest BCUT2D eigenvalue weighted by Gasteiger charge is -2.25. The Kier molecular flexibility index (Phi) is 5.99. The number of anilines is 2. The Morgan fingerprint density at radius 2 is 1.75 bits per heavy atom. The lowest BCUT2D eigenvalue weighted by atomic mass is 10.0. The Bertz CT molecular complexity index is 1540. The molecule has 182 valence electrons. The number of carbonyl (C=O) groups is 2. The molecule has 4 aromatic rings. The fourth-order valence-electron chi connectivity index (χ4n) is 4.25. The predicted octanol–water partition coefficient (Wildman–Crippen LogP) is 2.60. The number of carbonyl (C=O) groups excluding carboxylic acids is 2. The van der Waals surface area contributed by atoms with E-state index in [9.17, 15) is 19.2 Å². The first-order valence-corrected chi connectivity index (χ1v) is 11.2. The molecule has 0 aliphatic carbocycles.